The summed E-state index contributed by atoms with van der Waals surface area (Å²) >= 11 is 0. The largest absolute Gasteiger partial charge is 0.478 e. The zero-order valence-corrected chi connectivity index (χ0v) is 7.45. The van der Waals surface area contributed by atoms with E-state index in [0.717, 1.165) is 18.2 Å². The van der Waals surface area contributed by atoms with E-state index in [9.17, 15) is 17.6 Å². The molecule has 0 aliphatic heterocycles. The molecule has 0 fully saturated rings. The maximum atomic E-state index is 12.9. The van der Waals surface area contributed by atoms with Crippen molar-refractivity contribution in [1.29, 1.82) is 0 Å². The summed E-state index contributed by atoms with van der Waals surface area (Å²) in [5.41, 5.74) is -0.679. The van der Waals surface area contributed by atoms with Crippen molar-refractivity contribution in [3.05, 3.63) is 29.6 Å². The molecule has 0 spiro atoms. The van der Waals surface area contributed by atoms with E-state index in [0.29, 0.717) is 0 Å². The smallest absolute Gasteiger partial charge is 0.338 e. The van der Waals surface area contributed by atoms with Crippen LogP contribution in [0.25, 0.3) is 0 Å². The number of nitrogens with zero attached hydrogens (tertiary/aromatic N) is 1. The Morgan fingerprint density at radius 2 is 2.07 bits per heavy atom. The average Bonchev–Trinajstić information content (AvgIpc) is 2.01. The van der Waals surface area contributed by atoms with Crippen molar-refractivity contribution >= 4 is 22.2 Å². The quantitative estimate of drug-likeness (QED) is 0.807. The molecule has 0 saturated heterocycles. The lowest BCUT2D eigenvalue weighted by molar-refractivity contribution is 0.0692. The van der Waals surface area contributed by atoms with Crippen LogP contribution >= 0.6 is 0 Å². The average molecular weight is 217 g/mol. The molecule has 0 heterocycles. The highest BCUT2D eigenvalue weighted by Gasteiger charge is 2.09. The predicted octanol–water partition coefficient (Wildman–Crippen LogP) is 1.22. The van der Waals surface area contributed by atoms with E-state index in [1.165, 1.54) is 0 Å². The Hall–Kier alpha value is -1.76. The monoisotopic (exact) mass is 217 g/mol. The van der Waals surface area contributed by atoms with E-state index in [4.69, 9.17) is 5.11 Å². The summed E-state index contributed by atoms with van der Waals surface area (Å²) < 4.78 is 36.1. The Balaban J connectivity index is 3.26. The van der Waals surface area contributed by atoms with Crippen LogP contribution in [-0.2, 0) is 10.5 Å². The highest BCUT2D eigenvalue weighted by atomic mass is 32.2. The highest BCUT2D eigenvalue weighted by Crippen LogP contribution is 2.16. The molecule has 1 aromatic carbocycles. The SMILES string of the molecule is O=C(O)c1ccc(N=S(=O)=O)cc1F. The lowest BCUT2D eigenvalue weighted by atomic mass is 10.2. The molecule has 7 heteroatoms. The van der Waals surface area contributed by atoms with Crippen LogP contribution < -0.4 is 0 Å². The summed E-state index contributed by atoms with van der Waals surface area (Å²) in [5.74, 6) is -2.44. The zero-order valence-electron chi connectivity index (χ0n) is 6.64. The predicted molar refractivity (Wildman–Crippen MR) is 44.4 cm³/mol. The number of hydrogen-bond donors (Lipinski definition) is 1. The fourth-order valence-corrected chi connectivity index (χ4v) is 1.11. The molecule has 14 heavy (non-hydrogen) atoms. The van der Waals surface area contributed by atoms with Crippen LogP contribution in [0.5, 0.6) is 0 Å². The van der Waals surface area contributed by atoms with Crippen molar-refractivity contribution in [2.75, 3.05) is 0 Å². The Labute approximate surface area is 79.5 Å². The lowest BCUT2D eigenvalue weighted by Crippen LogP contribution is -1.99. The number of rotatable bonds is 2. The van der Waals surface area contributed by atoms with E-state index in [2.05, 4.69) is 4.36 Å². The summed E-state index contributed by atoms with van der Waals surface area (Å²) in [7, 11) is -2.68. The zero-order chi connectivity index (χ0) is 10.7. The van der Waals surface area contributed by atoms with Gasteiger partial charge in [-0.25, -0.2) is 9.18 Å². The molecule has 0 aliphatic carbocycles. The summed E-state index contributed by atoms with van der Waals surface area (Å²) in [6.07, 6.45) is 0. The van der Waals surface area contributed by atoms with E-state index in [-0.39, 0.29) is 5.69 Å². The standard InChI is InChI=1S/C7H4FNO4S/c8-6-3-4(9-14(12)13)1-2-5(6)7(10)11/h1-3H,(H,10,11). The molecule has 0 amide bonds. The lowest BCUT2D eigenvalue weighted by Gasteiger charge is -1.96. The molecule has 74 valence electrons. The molecule has 0 atom stereocenters. The fraction of sp³-hybridized carbons (Fsp3) is 0. The highest BCUT2D eigenvalue weighted by molar-refractivity contribution is 7.61. The van der Waals surface area contributed by atoms with Gasteiger partial charge in [-0.3, -0.25) is 0 Å². The van der Waals surface area contributed by atoms with Gasteiger partial charge in [-0.15, -0.1) is 4.36 Å². The second-order valence-corrected chi connectivity index (χ2v) is 2.89. The number of carboxylic acid groups (broad SMARTS) is 1. The fourth-order valence-electron chi connectivity index (χ4n) is 0.820. The van der Waals surface area contributed by atoms with Crippen LogP contribution in [-0.4, -0.2) is 19.5 Å². The van der Waals surface area contributed by atoms with Crippen molar-refractivity contribution in [1.82, 2.24) is 0 Å². The number of halogens is 1. The first-order valence-electron chi connectivity index (χ1n) is 3.34. The molecule has 5 nitrogen and oxygen atoms in total. The minimum absolute atomic E-state index is 0.152. The van der Waals surface area contributed by atoms with Gasteiger partial charge in [0.1, 0.15) is 5.82 Å². The van der Waals surface area contributed by atoms with Crippen LogP contribution in [0.4, 0.5) is 10.1 Å². The van der Waals surface area contributed by atoms with Gasteiger partial charge in [0, 0.05) is 6.07 Å². The minimum atomic E-state index is -2.68. The van der Waals surface area contributed by atoms with Gasteiger partial charge in [-0.05, 0) is 12.1 Å². The van der Waals surface area contributed by atoms with Gasteiger partial charge in [0.25, 0.3) is 0 Å². The third-order valence-corrected chi connectivity index (χ3v) is 1.72. The van der Waals surface area contributed by atoms with Crippen LogP contribution in [0.2, 0.25) is 0 Å². The third-order valence-electron chi connectivity index (χ3n) is 1.36. The number of hydrogen-bond acceptors (Lipinski definition) is 4. The summed E-state index contributed by atoms with van der Waals surface area (Å²) in [5, 5.41) is 8.45. The van der Waals surface area contributed by atoms with Crippen LogP contribution in [0, 0.1) is 5.82 Å². The first kappa shape index (κ1) is 10.3. The summed E-state index contributed by atoms with van der Waals surface area (Å²) in [4.78, 5) is 10.4. The molecule has 1 N–H and O–H groups in total. The van der Waals surface area contributed by atoms with E-state index in [1.807, 2.05) is 0 Å². The van der Waals surface area contributed by atoms with Gasteiger partial charge in [0.05, 0.1) is 11.3 Å². The third kappa shape index (κ3) is 2.36. The topological polar surface area (TPSA) is 83.8 Å². The molecule has 0 unspecified atom stereocenters. The van der Waals surface area contributed by atoms with E-state index in [1.54, 1.807) is 0 Å². The molecule has 1 rings (SSSR count). The van der Waals surface area contributed by atoms with E-state index >= 15 is 0 Å². The van der Waals surface area contributed by atoms with Gasteiger partial charge in [0.15, 0.2) is 0 Å². The number of carboxylic acids is 1. The summed E-state index contributed by atoms with van der Waals surface area (Å²) in [6, 6.07) is 2.78. The van der Waals surface area contributed by atoms with Crippen LogP contribution in [0.15, 0.2) is 22.6 Å². The second kappa shape index (κ2) is 3.97. The summed E-state index contributed by atoms with van der Waals surface area (Å²) in [6.45, 7) is 0. The normalized spacial score (nSPS) is 9.50. The molecule has 0 aromatic heterocycles. The maximum absolute atomic E-state index is 12.9. The molecule has 0 aliphatic rings. The minimum Gasteiger partial charge on any atom is -0.478 e. The van der Waals surface area contributed by atoms with Crippen molar-refractivity contribution in [2.24, 2.45) is 4.36 Å². The van der Waals surface area contributed by atoms with Gasteiger partial charge in [-0.1, -0.05) is 0 Å². The van der Waals surface area contributed by atoms with Crippen LogP contribution in [0.3, 0.4) is 0 Å². The molecular formula is C7H4FNO4S. The molecule has 0 radical (unpaired) electrons. The van der Waals surface area contributed by atoms with Gasteiger partial charge in [-0.2, -0.15) is 8.42 Å². The van der Waals surface area contributed by atoms with Crippen molar-refractivity contribution < 1.29 is 22.7 Å². The first-order valence-corrected chi connectivity index (χ1v) is 4.38. The second-order valence-electron chi connectivity index (χ2n) is 2.28. The Kier molecular flexibility index (Phi) is 2.92. The first-order chi connectivity index (χ1) is 6.50. The molecular weight excluding hydrogens is 213 g/mol. The maximum Gasteiger partial charge on any atom is 0.338 e. The van der Waals surface area contributed by atoms with Crippen molar-refractivity contribution in [3.8, 4) is 0 Å². The molecule has 0 bridgehead atoms. The van der Waals surface area contributed by atoms with Crippen LogP contribution in [0.1, 0.15) is 10.4 Å². The Morgan fingerprint density at radius 1 is 1.43 bits per heavy atom. The Bertz CT molecular complexity index is 500. The number of benzene rings is 1. The Morgan fingerprint density at radius 3 is 2.50 bits per heavy atom. The van der Waals surface area contributed by atoms with Crippen molar-refractivity contribution in [2.45, 2.75) is 0 Å². The van der Waals surface area contributed by atoms with E-state index < -0.39 is 27.9 Å². The number of carbonyl (C=O) groups is 1. The molecule has 1 aromatic rings. The van der Waals surface area contributed by atoms with Gasteiger partial charge < -0.3 is 5.11 Å². The number of aromatic carboxylic acids is 1. The van der Waals surface area contributed by atoms with Gasteiger partial charge in [0.2, 0.25) is 0 Å². The molecule has 0 saturated carbocycles. The van der Waals surface area contributed by atoms with Crippen molar-refractivity contribution in [3.63, 3.8) is 0 Å². The van der Waals surface area contributed by atoms with Gasteiger partial charge >= 0.3 is 16.5 Å².